The number of amides is 1. The first-order chi connectivity index (χ1) is 13.9. The molecule has 1 atom stereocenters. The summed E-state index contributed by atoms with van der Waals surface area (Å²) in [6, 6.07) is 15.4. The third-order valence-corrected chi connectivity index (χ3v) is 4.29. The minimum atomic E-state index is -0.854. The van der Waals surface area contributed by atoms with Crippen molar-refractivity contribution in [1.29, 1.82) is 0 Å². The molecule has 7 heteroatoms. The van der Waals surface area contributed by atoms with Crippen molar-refractivity contribution in [2.45, 2.75) is 26.5 Å². The van der Waals surface area contributed by atoms with Gasteiger partial charge >= 0.3 is 5.97 Å². The van der Waals surface area contributed by atoms with Gasteiger partial charge in [-0.3, -0.25) is 4.79 Å². The van der Waals surface area contributed by atoms with E-state index >= 15 is 0 Å². The van der Waals surface area contributed by atoms with Gasteiger partial charge in [-0.05, 0) is 30.2 Å². The quantitative estimate of drug-likeness (QED) is 0.611. The van der Waals surface area contributed by atoms with E-state index < -0.39 is 23.7 Å². The fourth-order valence-corrected chi connectivity index (χ4v) is 2.68. The first-order valence-electron chi connectivity index (χ1n) is 9.18. The van der Waals surface area contributed by atoms with Crippen molar-refractivity contribution in [1.82, 2.24) is 10.5 Å². The van der Waals surface area contributed by atoms with Crippen LogP contribution in [0.15, 0.2) is 65.2 Å². The summed E-state index contributed by atoms with van der Waals surface area (Å²) in [5.74, 6) is -1.14. The van der Waals surface area contributed by atoms with Gasteiger partial charge in [-0.1, -0.05) is 49.3 Å². The molecule has 1 aromatic heterocycles. The average molecular weight is 396 g/mol. The molecule has 1 heterocycles. The number of hydrogen-bond donors (Lipinski definition) is 1. The fourth-order valence-electron chi connectivity index (χ4n) is 2.68. The van der Waals surface area contributed by atoms with E-state index in [0.29, 0.717) is 11.5 Å². The monoisotopic (exact) mass is 396 g/mol. The van der Waals surface area contributed by atoms with Crippen molar-refractivity contribution in [3.8, 4) is 11.3 Å². The van der Waals surface area contributed by atoms with E-state index in [-0.39, 0.29) is 18.1 Å². The Bertz CT molecular complexity index is 968. The number of hydrogen-bond acceptors (Lipinski definition) is 5. The van der Waals surface area contributed by atoms with E-state index in [1.54, 1.807) is 19.9 Å². The zero-order chi connectivity index (χ0) is 20.8. The van der Waals surface area contributed by atoms with Gasteiger partial charge in [0.05, 0.1) is 0 Å². The van der Waals surface area contributed by atoms with E-state index in [9.17, 15) is 14.0 Å². The lowest BCUT2D eigenvalue weighted by Crippen LogP contribution is -2.45. The minimum absolute atomic E-state index is 0.0786. The molecule has 3 aromatic rings. The van der Waals surface area contributed by atoms with E-state index in [1.165, 1.54) is 24.3 Å². The van der Waals surface area contributed by atoms with Gasteiger partial charge < -0.3 is 14.6 Å². The van der Waals surface area contributed by atoms with Gasteiger partial charge in [0.1, 0.15) is 24.2 Å². The second kappa shape index (κ2) is 9.14. The molecule has 0 saturated carbocycles. The molecular weight excluding hydrogens is 375 g/mol. The van der Waals surface area contributed by atoms with Gasteiger partial charge in [0.2, 0.25) is 0 Å². The Balaban J connectivity index is 1.60. The molecule has 0 saturated heterocycles. The number of aromatic nitrogens is 1. The Morgan fingerprint density at radius 2 is 1.79 bits per heavy atom. The summed E-state index contributed by atoms with van der Waals surface area (Å²) in [7, 11) is 0. The van der Waals surface area contributed by atoms with Crippen LogP contribution in [0.5, 0.6) is 0 Å². The lowest BCUT2D eigenvalue weighted by atomic mass is 10.0. The van der Waals surface area contributed by atoms with Gasteiger partial charge in [0.15, 0.2) is 5.76 Å². The van der Waals surface area contributed by atoms with Crippen LogP contribution in [0.3, 0.4) is 0 Å². The summed E-state index contributed by atoms with van der Waals surface area (Å²) in [6.07, 6.45) is 0. The van der Waals surface area contributed by atoms with Crippen LogP contribution in [0, 0.1) is 11.7 Å². The maximum Gasteiger partial charge on any atom is 0.329 e. The number of carbonyl (C=O) groups excluding carboxylic acids is 2. The summed E-state index contributed by atoms with van der Waals surface area (Å²) in [5.41, 5.74) is 1.59. The minimum Gasteiger partial charge on any atom is -0.458 e. The number of benzene rings is 2. The van der Waals surface area contributed by atoms with Crippen molar-refractivity contribution in [3.63, 3.8) is 0 Å². The maximum atomic E-state index is 13.0. The Hall–Kier alpha value is -3.48. The van der Waals surface area contributed by atoms with Crippen molar-refractivity contribution in [2.75, 3.05) is 0 Å². The number of rotatable bonds is 7. The second-order valence-corrected chi connectivity index (χ2v) is 6.86. The van der Waals surface area contributed by atoms with Crippen LogP contribution >= 0.6 is 0 Å². The molecule has 1 N–H and O–H groups in total. The predicted molar refractivity (Wildman–Crippen MR) is 104 cm³/mol. The molecule has 1 amide bonds. The zero-order valence-electron chi connectivity index (χ0n) is 16.1. The van der Waals surface area contributed by atoms with Crippen LogP contribution < -0.4 is 5.32 Å². The molecule has 0 spiro atoms. The molecule has 0 aliphatic rings. The third-order valence-electron chi connectivity index (χ3n) is 4.29. The van der Waals surface area contributed by atoms with Crippen LogP contribution in [0.2, 0.25) is 0 Å². The molecule has 0 radical (unpaired) electrons. The van der Waals surface area contributed by atoms with Crippen molar-refractivity contribution < 1.29 is 23.2 Å². The molecule has 0 fully saturated rings. The van der Waals surface area contributed by atoms with Gasteiger partial charge in [0.25, 0.3) is 5.91 Å². The topological polar surface area (TPSA) is 81.4 Å². The van der Waals surface area contributed by atoms with Crippen LogP contribution in [-0.2, 0) is 16.1 Å². The number of esters is 1. The number of carbonyl (C=O) groups is 2. The van der Waals surface area contributed by atoms with Crippen LogP contribution in [0.25, 0.3) is 11.3 Å². The maximum absolute atomic E-state index is 13.0. The SMILES string of the molecule is CC(C)[C@H](NC(=O)c1ccc(F)cc1)C(=O)OCc1cc(-c2ccccc2)on1. The molecule has 3 rings (SSSR count). The summed E-state index contributed by atoms with van der Waals surface area (Å²) < 4.78 is 23.6. The van der Waals surface area contributed by atoms with Crippen LogP contribution in [0.4, 0.5) is 4.39 Å². The number of nitrogens with one attached hydrogen (secondary N) is 1. The highest BCUT2D eigenvalue weighted by Gasteiger charge is 2.26. The molecule has 29 heavy (non-hydrogen) atoms. The van der Waals surface area contributed by atoms with Gasteiger partial charge in [0, 0.05) is 17.2 Å². The summed E-state index contributed by atoms with van der Waals surface area (Å²) >= 11 is 0. The highest BCUT2D eigenvalue weighted by Crippen LogP contribution is 2.20. The summed E-state index contributed by atoms with van der Waals surface area (Å²) in [6.45, 7) is 3.51. The molecule has 0 unspecified atom stereocenters. The van der Waals surface area contributed by atoms with Crippen molar-refractivity contribution >= 4 is 11.9 Å². The molecule has 0 aliphatic heterocycles. The van der Waals surface area contributed by atoms with Gasteiger partial charge in [-0.25, -0.2) is 9.18 Å². The second-order valence-electron chi connectivity index (χ2n) is 6.86. The molecule has 6 nitrogen and oxygen atoms in total. The molecular formula is C22H21FN2O4. The average Bonchev–Trinajstić information content (AvgIpc) is 3.20. The zero-order valence-corrected chi connectivity index (χ0v) is 16.1. The smallest absolute Gasteiger partial charge is 0.329 e. The molecule has 0 aliphatic carbocycles. The Kier molecular flexibility index (Phi) is 6.39. The van der Waals surface area contributed by atoms with Gasteiger partial charge in [-0.2, -0.15) is 0 Å². The molecule has 0 bridgehead atoms. The van der Waals surface area contributed by atoms with Crippen LogP contribution in [-0.4, -0.2) is 23.1 Å². The number of halogens is 1. The highest BCUT2D eigenvalue weighted by molar-refractivity contribution is 5.96. The van der Waals surface area contributed by atoms with E-state index in [4.69, 9.17) is 9.26 Å². The van der Waals surface area contributed by atoms with Crippen molar-refractivity contribution in [2.24, 2.45) is 5.92 Å². The first-order valence-corrected chi connectivity index (χ1v) is 9.18. The summed E-state index contributed by atoms with van der Waals surface area (Å²) in [4.78, 5) is 24.8. The Labute approximate surface area is 167 Å². The first kappa shape index (κ1) is 20.3. The van der Waals surface area contributed by atoms with Crippen molar-refractivity contribution in [3.05, 3.63) is 77.7 Å². The normalized spacial score (nSPS) is 11.9. The summed E-state index contributed by atoms with van der Waals surface area (Å²) in [5, 5.41) is 6.55. The standard InChI is InChI=1S/C22H21FN2O4/c1-14(2)20(24-21(26)16-8-10-17(23)11-9-16)22(27)28-13-18-12-19(29-25-18)15-6-4-3-5-7-15/h3-12,14,20H,13H2,1-2H3,(H,24,26)/t20-/m0/s1. The number of nitrogens with zero attached hydrogens (tertiary/aromatic N) is 1. The molecule has 2 aromatic carbocycles. The molecule has 150 valence electrons. The number of ether oxygens (including phenoxy) is 1. The third kappa shape index (κ3) is 5.28. The van der Waals surface area contributed by atoms with Gasteiger partial charge in [-0.15, -0.1) is 0 Å². The lowest BCUT2D eigenvalue weighted by Gasteiger charge is -2.20. The van der Waals surface area contributed by atoms with E-state index in [2.05, 4.69) is 10.5 Å². The Morgan fingerprint density at radius 3 is 2.45 bits per heavy atom. The lowest BCUT2D eigenvalue weighted by molar-refractivity contribution is -0.148. The van der Waals surface area contributed by atoms with Crippen LogP contribution in [0.1, 0.15) is 29.9 Å². The highest BCUT2D eigenvalue weighted by atomic mass is 19.1. The largest absolute Gasteiger partial charge is 0.458 e. The van der Waals surface area contributed by atoms with E-state index in [1.807, 2.05) is 30.3 Å². The van der Waals surface area contributed by atoms with E-state index in [0.717, 1.165) is 5.56 Å². The predicted octanol–water partition coefficient (Wildman–Crippen LogP) is 3.98. The fraction of sp³-hybridized carbons (Fsp3) is 0.227. The Morgan fingerprint density at radius 1 is 1.10 bits per heavy atom.